The van der Waals surface area contributed by atoms with E-state index in [4.69, 9.17) is 10.8 Å². The number of nitrogens with two attached hydrogens (primary N) is 1. The van der Waals surface area contributed by atoms with Crippen molar-refractivity contribution in [1.29, 1.82) is 0 Å². The Morgan fingerprint density at radius 3 is 2.00 bits per heavy atom. The maximum Gasteiger partial charge on any atom is 0.417 e. The molecule has 3 rings (SSSR count). The second-order valence-electron chi connectivity index (χ2n) is 6.20. The molecule has 2 heterocycles. The summed E-state index contributed by atoms with van der Waals surface area (Å²) in [5.41, 5.74) is 4.10. The molecule has 0 spiro atoms. The summed E-state index contributed by atoms with van der Waals surface area (Å²) < 4.78 is 72.7. The monoisotopic (exact) mass is 421 g/mol. The standard InChI is InChI=1S/C12H12F3NO2.C6H5F3N2/c13-12(14,15)8-3-5-9(6-4-8)16-7-1-2-10(16)11(17)18;7-6(8,9)4-1-2-5(10)11-3-4/h3-6,10H,1-2,7H2,(H,17,18);1-3H,(H2,10,11)/t10-;/m0./s1. The van der Waals surface area contributed by atoms with Crippen molar-refractivity contribution in [1.82, 2.24) is 4.98 Å². The van der Waals surface area contributed by atoms with E-state index in [-0.39, 0.29) is 5.82 Å². The molecular formula is C18H17F6N3O2. The van der Waals surface area contributed by atoms with Crippen molar-refractivity contribution in [2.75, 3.05) is 17.2 Å². The number of rotatable bonds is 2. The van der Waals surface area contributed by atoms with Gasteiger partial charge in [-0.3, -0.25) is 0 Å². The van der Waals surface area contributed by atoms with Crippen LogP contribution in [0.2, 0.25) is 0 Å². The first-order valence-corrected chi connectivity index (χ1v) is 8.35. The molecule has 0 unspecified atom stereocenters. The van der Waals surface area contributed by atoms with Crippen LogP contribution in [0.25, 0.3) is 0 Å². The zero-order valence-electron chi connectivity index (χ0n) is 14.8. The molecule has 1 fully saturated rings. The molecule has 1 aliphatic rings. The lowest BCUT2D eigenvalue weighted by molar-refractivity contribution is -0.139. The number of hydrogen-bond acceptors (Lipinski definition) is 4. The lowest BCUT2D eigenvalue weighted by Crippen LogP contribution is -2.35. The smallest absolute Gasteiger partial charge is 0.417 e. The van der Waals surface area contributed by atoms with Gasteiger partial charge >= 0.3 is 18.3 Å². The van der Waals surface area contributed by atoms with E-state index >= 15 is 0 Å². The highest BCUT2D eigenvalue weighted by Crippen LogP contribution is 2.32. The Balaban J connectivity index is 0.000000234. The van der Waals surface area contributed by atoms with Crippen LogP contribution in [0.4, 0.5) is 37.8 Å². The van der Waals surface area contributed by atoms with Gasteiger partial charge in [0.05, 0.1) is 11.1 Å². The molecule has 5 nitrogen and oxygen atoms in total. The Morgan fingerprint density at radius 2 is 1.55 bits per heavy atom. The zero-order chi connectivity index (χ0) is 21.8. The van der Waals surface area contributed by atoms with E-state index in [0.29, 0.717) is 24.8 Å². The first-order chi connectivity index (χ1) is 13.4. The lowest BCUT2D eigenvalue weighted by atomic mass is 10.1. The van der Waals surface area contributed by atoms with Gasteiger partial charge in [-0.1, -0.05) is 0 Å². The highest BCUT2D eigenvalue weighted by molar-refractivity contribution is 5.79. The summed E-state index contributed by atoms with van der Waals surface area (Å²) >= 11 is 0. The molecule has 0 aliphatic carbocycles. The number of aliphatic carboxylic acids is 1. The van der Waals surface area contributed by atoms with E-state index in [1.807, 2.05) is 0 Å². The van der Waals surface area contributed by atoms with Crippen molar-refractivity contribution in [2.24, 2.45) is 0 Å². The number of anilines is 2. The molecule has 158 valence electrons. The largest absolute Gasteiger partial charge is 0.480 e. The fraction of sp³-hybridized carbons (Fsp3) is 0.333. The molecule has 3 N–H and O–H groups in total. The van der Waals surface area contributed by atoms with Gasteiger partial charge in [-0.2, -0.15) is 26.3 Å². The number of hydrogen-bond donors (Lipinski definition) is 2. The SMILES string of the molecule is Nc1ccc(C(F)(F)F)cn1.O=C(O)[C@@H]1CCCN1c1ccc(C(F)(F)F)cc1. The maximum atomic E-state index is 12.4. The number of nitrogen functional groups attached to an aromatic ring is 1. The van der Waals surface area contributed by atoms with E-state index in [9.17, 15) is 31.1 Å². The predicted molar refractivity (Wildman–Crippen MR) is 93.1 cm³/mol. The topological polar surface area (TPSA) is 79.4 Å². The van der Waals surface area contributed by atoms with Crippen molar-refractivity contribution in [3.63, 3.8) is 0 Å². The molecule has 0 saturated carbocycles. The number of carboxylic acid groups (broad SMARTS) is 1. The minimum atomic E-state index is -4.37. The quantitative estimate of drug-likeness (QED) is 0.701. The summed E-state index contributed by atoms with van der Waals surface area (Å²) in [5, 5.41) is 9.01. The van der Waals surface area contributed by atoms with Gasteiger partial charge in [0.25, 0.3) is 0 Å². The van der Waals surface area contributed by atoms with Crippen LogP contribution in [0, 0.1) is 0 Å². The van der Waals surface area contributed by atoms with Crippen LogP contribution in [-0.2, 0) is 17.1 Å². The Labute approximate surface area is 161 Å². The number of nitrogens with zero attached hydrogens (tertiary/aromatic N) is 2. The van der Waals surface area contributed by atoms with Crippen LogP contribution < -0.4 is 10.6 Å². The summed E-state index contributed by atoms with van der Waals surface area (Å²) in [6.07, 6.45) is -6.74. The van der Waals surface area contributed by atoms with Gasteiger partial charge in [-0.05, 0) is 49.2 Å². The van der Waals surface area contributed by atoms with E-state index in [2.05, 4.69) is 4.98 Å². The molecule has 1 aromatic heterocycles. The molecule has 0 amide bonds. The summed E-state index contributed by atoms with van der Waals surface area (Å²) in [4.78, 5) is 15.9. The Morgan fingerprint density at radius 1 is 1.00 bits per heavy atom. The Kier molecular flexibility index (Phi) is 6.60. The predicted octanol–water partition coefficient (Wildman–Crippen LogP) is 4.44. The van der Waals surface area contributed by atoms with Crippen molar-refractivity contribution in [2.45, 2.75) is 31.2 Å². The van der Waals surface area contributed by atoms with Crippen molar-refractivity contribution < 1.29 is 36.2 Å². The first-order valence-electron chi connectivity index (χ1n) is 8.35. The summed E-state index contributed by atoms with van der Waals surface area (Å²) in [7, 11) is 0. The Bertz CT molecular complexity index is 819. The van der Waals surface area contributed by atoms with Crippen LogP contribution in [0.15, 0.2) is 42.6 Å². The third kappa shape index (κ3) is 6.00. The number of aromatic nitrogens is 1. The molecule has 1 saturated heterocycles. The second-order valence-corrected chi connectivity index (χ2v) is 6.20. The zero-order valence-corrected chi connectivity index (χ0v) is 14.8. The van der Waals surface area contributed by atoms with Gasteiger partial charge in [0, 0.05) is 18.4 Å². The number of pyridine rings is 1. The van der Waals surface area contributed by atoms with Crippen LogP contribution in [0.1, 0.15) is 24.0 Å². The second kappa shape index (κ2) is 8.58. The molecule has 1 aliphatic heterocycles. The average Bonchev–Trinajstić information content (AvgIpc) is 3.11. The molecule has 0 bridgehead atoms. The molecule has 1 atom stereocenters. The number of carboxylic acids is 1. The van der Waals surface area contributed by atoms with Gasteiger partial charge in [0.15, 0.2) is 0 Å². The summed E-state index contributed by atoms with van der Waals surface area (Å²) in [5.74, 6) is -0.856. The van der Waals surface area contributed by atoms with Gasteiger partial charge in [-0.25, -0.2) is 9.78 Å². The van der Waals surface area contributed by atoms with Gasteiger partial charge in [0.1, 0.15) is 11.9 Å². The number of halogens is 6. The van der Waals surface area contributed by atoms with E-state index < -0.39 is 35.5 Å². The number of benzene rings is 1. The molecule has 1 aromatic carbocycles. The van der Waals surface area contributed by atoms with E-state index in [1.165, 1.54) is 12.1 Å². The van der Waals surface area contributed by atoms with Gasteiger partial charge in [-0.15, -0.1) is 0 Å². The van der Waals surface area contributed by atoms with Crippen molar-refractivity contribution >= 4 is 17.5 Å². The van der Waals surface area contributed by atoms with Crippen LogP contribution in [0.3, 0.4) is 0 Å². The highest BCUT2D eigenvalue weighted by Gasteiger charge is 2.33. The summed E-state index contributed by atoms with van der Waals surface area (Å²) in [6.45, 7) is 0.558. The lowest BCUT2D eigenvalue weighted by Gasteiger charge is -2.23. The number of carbonyl (C=O) groups is 1. The first kappa shape index (κ1) is 22.3. The molecular weight excluding hydrogens is 404 g/mol. The van der Waals surface area contributed by atoms with Gasteiger partial charge < -0.3 is 15.7 Å². The number of alkyl halides is 6. The maximum absolute atomic E-state index is 12.4. The fourth-order valence-corrected chi connectivity index (χ4v) is 2.75. The molecule has 2 aromatic rings. The van der Waals surface area contributed by atoms with Crippen molar-refractivity contribution in [3.05, 3.63) is 53.7 Å². The normalized spacial score (nSPS) is 16.9. The third-order valence-electron chi connectivity index (χ3n) is 4.18. The van der Waals surface area contributed by atoms with E-state index in [0.717, 1.165) is 30.7 Å². The van der Waals surface area contributed by atoms with Crippen LogP contribution >= 0.6 is 0 Å². The van der Waals surface area contributed by atoms with Crippen molar-refractivity contribution in [3.8, 4) is 0 Å². The van der Waals surface area contributed by atoms with E-state index in [1.54, 1.807) is 4.90 Å². The highest BCUT2D eigenvalue weighted by atomic mass is 19.4. The molecule has 0 radical (unpaired) electrons. The van der Waals surface area contributed by atoms with Crippen LogP contribution in [0.5, 0.6) is 0 Å². The van der Waals surface area contributed by atoms with Crippen LogP contribution in [-0.4, -0.2) is 28.6 Å². The third-order valence-corrected chi connectivity index (χ3v) is 4.18. The minimum absolute atomic E-state index is 0.0815. The fourth-order valence-electron chi connectivity index (χ4n) is 2.75. The summed E-state index contributed by atoms with van der Waals surface area (Å²) in [6, 6.07) is 5.97. The molecule has 11 heteroatoms. The van der Waals surface area contributed by atoms with Gasteiger partial charge in [0.2, 0.25) is 0 Å². The Hall–Kier alpha value is -2.98. The average molecular weight is 421 g/mol. The molecule has 29 heavy (non-hydrogen) atoms. The minimum Gasteiger partial charge on any atom is -0.480 e.